The van der Waals surface area contributed by atoms with Crippen molar-refractivity contribution < 1.29 is 9.18 Å². The molecule has 31 heavy (non-hydrogen) atoms. The summed E-state index contributed by atoms with van der Waals surface area (Å²) in [7, 11) is 1.64. The van der Waals surface area contributed by atoms with E-state index in [0.717, 1.165) is 5.56 Å². The van der Waals surface area contributed by atoms with Crippen LogP contribution in [0.1, 0.15) is 15.9 Å². The summed E-state index contributed by atoms with van der Waals surface area (Å²) in [6, 6.07) is 18.2. The molecule has 6 nitrogen and oxygen atoms in total. The average Bonchev–Trinajstić information content (AvgIpc) is 2.77. The minimum absolute atomic E-state index is 0.222. The van der Waals surface area contributed by atoms with Gasteiger partial charge < -0.3 is 11.1 Å². The van der Waals surface area contributed by atoms with Crippen LogP contribution in [0.3, 0.4) is 0 Å². The van der Waals surface area contributed by atoms with E-state index in [0.29, 0.717) is 38.8 Å². The van der Waals surface area contributed by atoms with Gasteiger partial charge in [0.1, 0.15) is 5.82 Å². The number of thioether (sulfide) groups is 1. The van der Waals surface area contributed by atoms with E-state index in [1.54, 1.807) is 43.4 Å². The molecule has 0 aliphatic carbocycles. The molecule has 3 N–H and O–H groups in total. The second kappa shape index (κ2) is 8.61. The molecule has 1 aromatic heterocycles. The smallest absolute Gasteiger partial charge is 0.261 e. The highest BCUT2D eigenvalue weighted by Gasteiger charge is 2.11. The number of para-hydroxylation sites is 2. The molecule has 3 aromatic carbocycles. The molecule has 156 valence electrons. The number of fused-ring (bicyclic) bond motifs is 1. The van der Waals surface area contributed by atoms with Crippen LogP contribution in [-0.4, -0.2) is 15.5 Å². The third-order valence-corrected chi connectivity index (χ3v) is 5.89. The zero-order valence-corrected chi connectivity index (χ0v) is 17.4. The van der Waals surface area contributed by atoms with Crippen LogP contribution in [0.2, 0.25) is 0 Å². The van der Waals surface area contributed by atoms with Crippen molar-refractivity contribution in [3.8, 4) is 0 Å². The fourth-order valence-corrected chi connectivity index (χ4v) is 3.99. The molecule has 0 unspecified atom stereocenters. The van der Waals surface area contributed by atoms with Crippen molar-refractivity contribution in [3.05, 3.63) is 94.0 Å². The largest absolute Gasteiger partial charge is 0.397 e. The minimum atomic E-state index is -0.435. The molecule has 0 saturated heterocycles. The number of anilines is 2. The minimum Gasteiger partial charge on any atom is -0.397 e. The molecule has 8 heteroatoms. The van der Waals surface area contributed by atoms with Gasteiger partial charge in [-0.15, -0.1) is 0 Å². The predicted molar refractivity (Wildman–Crippen MR) is 122 cm³/mol. The molecule has 0 aliphatic heterocycles. The van der Waals surface area contributed by atoms with Crippen LogP contribution in [0.5, 0.6) is 0 Å². The number of hydrogen-bond acceptors (Lipinski definition) is 5. The summed E-state index contributed by atoms with van der Waals surface area (Å²) in [6.45, 7) is 0. The fourth-order valence-electron chi connectivity index (χ4n) is 3.06. The molecule has 0 saturated carbocycles. The van der Waals surface area contributed by atoms with E-state index in [9.17, 15) is 14.0 Å². The highest BCUT2D eigenvalue weighted by Crippen LogP contribution is 2.23. The van der Waals surface area contributed by atoms with Crippen LogP contribution in [0.25, 0.3) is 10.9 Å². The van der Waals surface area contributed by atoms with Gasteiger partial charge in [0.05, 0.1) is 22.3 Å². The Hall–Kier alpha value is -3.65. The van der Waals surface area contributed by atoms with Gasteiger partial charge in [0.2, 0.25) is 0 Å². The van der Waals surface area contributed by atoms with Crippen LogP contribution >= 0.6 is 11.8 Å². The van der Waals surface area contributed by atoms with E-state index < -0.39 is 5.82 Å². The monoisotopic (exact) mass is 434 g/mol. The van der Waals surface area contributed by atoms with E-state index >= 15 is 0 Å². The maximum absolute atomic E-state index is 13.5. The van der Waals surface area contributed by atoms with E-state index in [-0.39, 0.29) is 11.5 Å². The van der Waals surface area contributed by atoms with Gasteiger partial charge in [-0.1, -0.05) is 36.0 Å². The summed E-state index contributed by atoms with van der Waals surface area (Å²) in [5.74, 6) is -0.151. The summed E-state index contributed by atoms with van der Waals surface area (Å²) in [4.78, 5) is 29.4. The quantitative estimate of drug-likeness (QED) is 0.279. The summed E-state index contributed by atoms with van der Waals surface area (Å²) >= 11 is 1.37. The Kier molecular flexibility index (Phi) is 5.73. The van der Waals surface area contributed by atoms with E-state index in [1.807, 2.05) is 12.1 Å². The number of amides is 1. The Morgan fingerprint density at radius 2 is 1.87 bits per heavy atom. The Balaban J connectivity index is 1.47. The molecule has 4 rings (SSSR count). The summed E-state index contributed by atoms with van der Waals surface area (Å²) in [6.07, 6.45) is 0. The SMILES string of the molecule is Cn1c(SCc2ccc(C(=O)Nc3ccccc3N)cc2)nc2cc(F)ccc2c1=O. The van der Waals surface area contributed by atoms with Crippen LogP contribution in [0.4, 0.5) is 15.8 Å². The van der Waals surface area contributed by atoms with E-state index in [2.05, 4.69) is 10.3 Å². The zero-order valence-electron chi connectivity index (χ0n) is 16.6. The first-order valence-electron chi connectivity index (χ1n) is 9.46. The number of halogens is 1. The zero-order chi connectivity index (χ0) is 22.0. The summed E-state index contributed by atoms with van der Waals surface area (Å²) in [5, 5.41) is 3.66. The van der Waals surface area contributed by atoms with Gasteiger partial charge in [0, 0.05) is 24.4 Å². The van der Waals surface area contributed by atoms with Crippen LogP contribution < -0.4 is 16.6 Å². The second-order valence-corrected chi connectivity index (χ2v) is 7.89. The Morgan fingerprint density at radius 3 is 2.61 bits per heavy atom. The number of nitrogens with one attached hydrogen (secondary N) is 1. The standard InChI is InChI=1S/C23H19FN4O2S/c1-28-22(30)17-11-10-16(24)12-20(17)27-23(28)31-13-14-6-8-15(9-7-14)21(29)26-19-5-3-2-4-18(19)25/h2-12H,13,25H2,1H3,(H,26,29). The van der Waals surface area contributed by atoms with Gasteiger partial charge in [0.15, 0.2) is 5.16 Å². The molecule has 1 amide bonds. The van der Waals surface area contributed by atoms with Gasteiger partial charge >= 0.3 is 0 Å². The van der Waals surface area contributed by atoms with Crippen molar-refractivity contribution in [3.63, 3.8) is 0 Å². The van der Waals surface area contributed by atoms with Crippen molar-refractivity contribution in [2.24, 2.45) is 7.05 Å². The van der Waals surface area contributed by atoms with Gasteiger partial charge in [-0.05, 0) is 42.0 Å². The van der Waals surface area contributed by atoms with Crippen LogP contribution in [0, 0.1) is 5.82 Å². The number of benzene rings is 3. The number of carbonyl (C=O) groups excluding carboxylic acids is 1. The van der Waals surface area contributed by atoms with Crippen molar-refractivity contribution in [2.45, 2.75) is 10.9 Å². The molecule has 0 fully saturated rings. The number of rotatable bonds is 5. The van der Waals surface area contributed by atoms with Gasteiger partial charge in [-0.2, -0.15) is 0 Å². The Labute approximate surface area is 181 Å². The lowest BCUT2D eigenvalue weighted by Gasteiger charge is -2.10. The third kappa shape index (κ3) is 4.44. The highest BCUT2D eigenvalue weighted by atomic mass is 32.2. The van der Waals surface area contributed by atoms with Crippen molar-refractivity contribution in [1.29, 1.82) is 0 Å². The lowest BCUT2D eigenvalue weighted by molar-refractivity contribution is 0.102. The Bertz CT molecular complexity index is 1340. The van der Waals surface area contributed by atoms with Gasteiger partial charge in [-0.3, -0.25) is 14.2 Å². The summed E-state index contributed by atoms with van der Waals surface area (Å²) < 4.78 is 15.0. The topological polar surface area (TPSA) is 90.0 Å². The molecular weight excluding hydrogens is 415 g/mol. The molecular formula is C23H19FN4O2S. The third-order valence-electron chi connectivity index (χ3n) is 4.79. The average molecular weight is 434 g/mol. The molecule has 0 aliphatic rings. The fraction of sp³-hybridized carbons (Fsp3) is 0.0870. The predicted octanol–water partition coefficient (Wildman–Crippen LogP) is 4.20. The number of aromatic nitrogens is 2. The number of nitrogens with two attached hydrogens (primary N) is 1. The molecule has 0 radical (unpaired) electrons. The number of carbonyl (C=O) groups is 1. The first-order valence-corrected chi connectivity index (χ1v) is 10.4. The maximum atomic E-state index is 13.5. The van der Waals surface area contributed by atoms with Crippen molar-refractivity contribution in [1.82, 2.24) is 9.55 Å². The van der Waals surface area contributed by atoms with Gasteiger partial charge in [0.25, 0.3) is 11.5 Å². The van der Waals surface area contributed by atoms with E-state index in [4.69, 9.17) is 5.73 Å². The van der Waals surface area contributed by atoms with E-state index in [1.165, 1.54) is 34.5 Å². The molecule has 0 atom stereocenters. The molecule has 4 aromatic rings. The second-order valence-electron chi connectivity index (χ2n) is 6.95. The normalized spacial score (nSPS) is 10.9. The van der Waals surface area contributed by atoms with Gasteiger partial charge in [-0.25, -0.2) is 9.37 Å². The molecule has 1 heterocycles. The summed E-state index contributed by atoms with van der Waals surface area (Å²) in [5.41, 5.74) is 8.49. The lowest BCUT2D eigenvalue weighted by atomic mass is 10.1. The lowest BCUT2D eigenvalue weighted by Crippen LogP contribution is -2.20. The van der Waals surface area contributed by atoms with Crippen LogP contribution in [0.15, 0.2) is 76.7 Å². The van der Waals surface area contributed by atoms with Crippen molar-refractivity contribution in [2.75, 3.05) is 11.1 Å². The molecule has 0 bridgehead atoms. The van der Waals surface area contributed by atoms with Crippen molar-refractivity contribution >= 4 is 39.9 Å². The first-order chi connectivity index (χ1) is 14.9. The number of nitrogen functional groups attached to an aromatic ring is 1. The van der Waals surface area contributed by atoms with Crippen LogP contribution in [-0.2, 0) is 12.8 Å². The number of nitrogens with zero attached hydrogens (tertiary/aromatic N) is 2. The molecule has 0 spiro atoms. The maximum Gasteiger partial charge on any atom is 0.261 e. The highest BCUT2D eigenvalue weighted by molar-refractivity contribution is 7.98. The number of hydrogen-bond donors (Lipinski definition) is 2. The first kappa shape index (κ1) is 20.6. The Morgan fingerprint density at radius 1 is 1.13 bits per heavy atom.